The van der Waals surface area contributed by atoms with Gasteiger partial charge in [-0.3, -0.25) is 14.9 Å². The van der Waals surface area contributed by atoms with Crippen LogP contribution >= 0.6 is 0 Å². The Kier molecular flexibility index (Phi) is 6.11. The van der Waals surface area contributed by atoms with Gasteiger partial charge in [0.2, 0.25) is 5.43 Å². The van der Waals surface area contributed by atoms with Gasteiger partial charge >= 0.3 is 0 Å². The van der Waals surface area contributed by atoms with Crippen LogP contribution in [0.2, 0.25) is 0 Å². The van der Waals surface area contributed by atoms with E-state index in [0.29, 0.717) is 23.6 Å². The molecule has 0 radical (unpaired) electrons. The summed E-state index contributed by atoms with van der Waals surface area (Å²) >= 11 is 0. The third kappa shape index (κ3) is 4.40. The maximum Gasteiger partial charge on any atom is 0.203 e. The van der Waals surface area contributed by atoms with Gasteiger partial charge in [0.15, 0.2) is 5.82 Å². The quantitative estimate of drug-likeness (QED) is 0.611. The molecule has 2 aromatic heterocycles. The second-order valence-electron chi connectivity index (χ2n) is 6.28. The zero-order valence-corrected chi connectivity index (χ0v) is 16.0. The van der Waals surface area contributed by atoms with Gasteiger partial charge in [-0.25, -0.2) is 9.67 Å². The lowest BCUT2D eigenvalue weighted by Gasteiger charge is -2.08. The maximum absolute atomic E-state index is 12.3. The number of aromatic nitrogens is 5. The van der Waals surface area contributed by atoms with Crippen LogP contribution in [0.25, 0.3) is 17.1 Å². The van der Waals surface area contributed by atoms with Crippen molar-refractivity contribution in [3.05, 3.63) is 70.0 Å². The van der Waals surface area contributed by atoms with E-state index in [1.807, 2.05) is 24.3 Å². The monoisotopic (exact) mass is 377 g/mol. The first-order valence-corrected chi connectivity index (χ1v) is 9.08. The minimum atomic E-state index is -0.130. The summed E-state index contributed by atoms with van der Waals surface area (Å²) in [4.78, 5) is 20.8. The van der Waals surface area contributed by atoms with Crippen LogP contribution in [0.15, 0.2) is 52.5 Å². The molecule has 8 nitrogen and oxygen atoms in total. The molecule has 0 spiro atoms. The summed E-state index contributed by atoms with van der Waals surface area (Å²) < 4.78 is 1.54. The van der Waals surface area contributed by atoms with Gasteiger partial charge in [0, 0.05) is 50.1 Å². The number of aromatic amines is 1. The van der Waals surface area contributed by atoms with Gasteiger partial charge in [0.1, 0.15) is 11.5 Å². The zero-order valence-electron chi connectivity index (χ0n) is 16.0. The molecular formula is C20H23N7O. The van der Waals surface area contributed by atoms with Gasteiger partial charge in [-0.15, -0.1) is 0 Å². The molecular weight excluding hydrogens is 354 g/mol. The largest absolute Gasteiger partial charge is 0.403 e. The van der Waals surface area contributed by atoms with Crippen LogP contribution in [0.3, 0.4) is 0 Å². The number of aliphatic imine (C=N–C) groups is 1. The van der Waals surface area contributed by atoms with Crippen molar-refractivity contribution in [1.29, 1.82) is 0 Å². The van der Waals surface area contributed by atoms with Crippen LogP contribution < -0.4 is 11.2 Å². The van der Waals surface area contributed by atoms with Crippen LogP contribution in [-0.4, -0.2) is 38.2 Å². The van der Waals surface area contributed by atoms with Crippen LogP contribution in [-0.2, 0) is 12.8 Å². The second kappa shape index (κ2) is 8.90. The van der Waals surface area contributed by atoms with Gasteiger partial charge in [-0.2, -0.15) is 10.2 Å². The fourth-order valence-corrected chi connectivity index (χ4v) is 2.81. The molecule has 0 bridgehead atoms. The number of nitrogens with two attached hydrogens (primary N) is 1. The number of benzene rings is 1. The first kappa shape index (κ1) is 19.2. The Bertz CT molecular complexity index is 1060. The van der Waals surface area contributed by atoms with E-state index in [4.69, 9.17) is 5.73 Å². The molecule has 0 atom stereocenters. The summed E-state index contributed by atoms with van der Waals surface area (Å²) in [6.07, 6.45) is 6.80. The highest BCUT2D eigenvalue weighted by Gasteiger charge is 2.09. The summed E-state index contributed by atoms with van der Waals surface area (Å²) in [6, 6.07) is 9.29. The molecule has 0 saturated carbocycles. The van der Waals surface area contributed by atoms with Crippen molar-refractivity contribution in [2.24, 2.45) is 10.7 Å². The normalized spacial score (nSPS) is 12.0. The second-order valence-corrected chi connectivity index (χ2v) is 6.28. The Morgan fingerprint density at radius 3 is 2.96 bits per heavy atom. The van der Waals surface area contributed by atoms with E-state index < -0.39 is 0 Å². The maximum atomic E-state index is 12.3. The van der Waals surface area contributed by atoms with Gasteiger partial charge in [0.05, 0.1) is 5.70 Å². The van der Waals surface area contributed by atoms with E-state index in [0.717, 1.165) is 29.8 Å². The molecule has 0 aliphatic carbocycles. The minimum absolute atomic E-state index is 0.130. The van der Waals surface area contributed by atoms with Crippen molar-refractivity contribution in [2.75, 3.05) is 7.05 Å². The highest BCUT2D eigenvalue weighted by molar-refractivity contribution is 6.01. The van der Waals surface area contributed by atoms with Crippen LogP contribution in [0.5, 0.6) is 0 Å². The molecule has 144 valence electrons. The molecule has 0 amide bonds. The Hall–Kier alpha value is -3.55. The smallest absolute Gasteiger partial charge is 0.203 e. The number of H-pyrrole nitrogens is 1. The lowest BCUT2D eigenvalue weighted by molar-refractivity contribution is 0.816. The van der Waals surface area contributed by atoms with Gasteiger partial charge in [0.25, 0.3) is 0 Å². The highest BCUT2D eigenvalue weighted by atomic mass is 16.1. The minimum Gasteiger partial charge on any atom is -0.403 e. The third-order valence-electron chi connectivity index (χ3n) is 4.15. The molecule has 1 aromatic carbocycles. The molecule has 3 aromatic rings. The Balaban J connectivity index is 1.88. The summed E-state index contributed by atoms with van der Waals surface area (Å²) in [5.41, 5.74) is 8.35. The predicted molar refractivity (Wildman–Crippen MR) is 110 cm³/mol. The summed E-state index contributed by atoms with van der Waals surface area (Å²) in [6.45, 7) is 2.10. The Morgan fingerprint density at radius 1 is 1.36 bits per heavy atom. The van der Waals surface area contributed by atoms with Crippen molar-refractivity contribution in [1.82, 2.24) is 25.0 Å². The molecule has 0 aliphatic rings. The zero-order chi connectivity index (χ0) is 19.9. The summed E-state index contributed by atoms with van der Waals surface area (Å²) in [5.74, 6) is 1.52. The van der Waals surface area contributed by atoms with Crippen LogP contribution in [0.4, 0.5) is 0 Å². The van der Waals surface area contributed by atoms with E-state index >= 15 is 0 Å². The van der Waals surface area contributed by atoms with Crippen LogP contribution in [0, 0.1) is 0 Å². The van der Waals surface area contributed by atoms with E-state index in [1.165, 1.54) is 12.3 Å². The molecule has 2 heterocycles. The number of aryl methyl sites for hydroxylation is 1. The standard InChI is InChI=1S/C20H23N7O/c1-3-5-19-23-20(25-24-19)15-7-4-6-14(10-15)11-17-18(28)8-9-27(26-17)16(12-21)13-22-2/h4,6-10,12-13H,3,5,11,21H2,1-2H3,(H,23,24,25). The first-order chi connectivity index (χ1) is 13.6. The predicted octanol–water partition coefficient (Wildman–Crippen LogP) is 2.03. The van der Waals surface area contributed by atoms with Crippen molar-refractivity contribution in [3.63, 3.8) is 0 Å². The topological polar surface area (TPSA) is 115 Å². The van der Waals surface area contributed by atoms with Gasteiger partial charge in [-0.1, -0.05) is 25.1 Å². The Morgan fingerprint density at radius 2 is 2.21 bits per heavy atom. The van der Waals surface area contributed by atoms with Gasteiger partial charge < -0.3 is 5.73 Å². The molecule has 0 unspecified atom stereocenters. The molecule has 28 heavy (non-hydrogen) atoms. The molecule has 8 heteroatoms. The average molecular weight is 377 g/mol. The SMILES string of the molecule is CCCc1nc(-c2cccc(Cc3nn(C(C=NC)=CN)ccc3=O)c2)n[nH]1. The molecule has 0 saturated heterocycles. The van der Waals surface area contributed by atoms with Crippen LogP contribution in [0.1, 0.15) is 30.4 Å². The third-order valence-corrected chi connectivity index (χ3v) is 4.15. The van der Waals surface area contributed by atoms with Gasteiger partial charge in [-0.05, 0) is 18.1 Å². The fraction of sp³-hybridized carbons (Fsp3) is 0.250. The number of allylic oxidation sites excluding steroid dienone is 1. The molecule has 3 N–H and O–H groups in total. The summed E-state index contributed by atoms with van der Waals surface area (Å²) in [7, 11) is 1.65. The van der Waals surface area contributed by atoms with Crippen molar-refractivity contribution in [2.45, 2.75) is 26.2 Å². The molecule has 0 aliphatic heterocycles. The van der Waals surface area contributed by atoms with E-state index in [9.17, 15) is 4.79 Å². The lowest BCUT2D eigenvalue weighted by Crippen LogP contribution is -2.17. The number of rotatable bonds is 7. The van der Waals surface area contributed by atoms with E-state index in [-0.39, 0.29) is 5.43 Å². The van der Waals surface area contributed by atoms with Crippen molar-refractivity contribution < 1.29 is 0 Å². The number of hydrogen-bond acceptors (Lipinski definition) is 6. The van der Waals surface area contributed by atoms with E-state index in [2.05, 4.69) is 32.2 Å². The summed E-state index contributed by atoms with van der Waals surface area (Å²) in [5, 5.41) is 11.7. The van der Waals surface area contributed by atoms with E-state index in [1.54, 1.807) is 24.1 Å². The molecule has 0 fully saturated rings. The lowest BCUT2D eigenvalue weighted by atomic mass is 10.1. The Labute approximate surface area is 162 Å². The van der Waals surface area contributed by atoms with Crippen molar-refractivity contribution in [3.8, 4) is 11.4 Å². The highest BCUT2D eigenvalue weighted by Crippen LogP contribution is 2.18. The fourth-order valence-electron chi connectivity index (χ4n) is 2.81. The first-order valence-electron chi connectivity index (χ1n) is 9.08. The number of nitrogens with zero attached hydrogens (tertiary/aromatic N) is 5. The number of hydrogen-bond donors (Lipinski definition) is 2. The average Bonchev–Trinajstić information content (AvgIpc) is 3.17. The van der Waals surface area contributed by atoms with Crippen molar-refractivity contribution >= 4 is 11.9 Å². The molecule has 3 rings (SSSR count). The number of nitrogens with one attached hydrogen (secondary N) is 1.